The fourth-order valence-corrected chi connectivity index (χ4v) is 2.81. The molecule has 2 aromatic carbocycles. The van der Waals surface area contributed by atoms with Crippen molar-refractivity contribution in [2.75, 3.05) is 13.1 Å². The number of sulfonamides is 1. The third-order valence-corrected chi connectivity index (χ3v) is 4.52. The Balaban J connectivity index is 1.69. The average molecular weight is 334 g/mol. The van der Waals surface area contributed by atoms with Crippen LogP contribution < -0.4 is 10.5 Å². The second-order valence-corrected chi connectivity index (χ2v) is 6.98. The van der Waals surface area contributed by atoms with Crippen LogP contribution >= 0.6 is 0 Å². The van der Waals surface area contributed by atoms with Crippen LogP contribution in [-0.4, -0.2) is 26.6 Å². The van der Waals surface area contributed by atoms with Gasteiger partial charge >= 0.3 is 0 Å². The Morgan fingerprint density at radius 2 is 1.70 bits per heavy atom. The van der Waals surface area contributed by atoms with Gasteiger partial charge in [-0.3, -0.25) is 0 Å². The van der Waals surface area contributed by atoms with E-state index in [0.29, 0.717) is 6.54 Å². The van der Waals surface area contributed by atoms with Gasteiger partial charge in [0, 0.05) is 6.54 Å². The minimum atomic E-state index is -3.62. The molecule has 124 valence electrons. The molecule has 0 amide bonds. The Morgan fingerprint density at radius 3 is 2.30 bits per heavy atom. The monoisotopic (exact) mass is 334 g/mol. The first-order chi connectivity index (χ1) is 11.0. The number of primary sulfonamides is 1. The molecule has 4 N–H and O–H groups in total. The fourth-order valence-electron chi connectivity index (χ4n) is 2.30. The van der Waals surface area contributed by atoms with Crippen LogP contribution in [0.5, 0.6) is 0 Å². The molecule has 0 fully saturated rings. The second kappa shape index (κ2) is 8.21. The van der Waals surface area contributed by atoms with Crippen LogP contribution in [0.2, 0.25) is 0 Å². The van der Waals surface area contributed by atoms with Gasteiger partial charge in [-0.15, -0.1) is 0 Å². The molecule has 0 heterocycles. The van der Waals surface area contributed by atoms with Gasteiger partial charge in [0.25, 0.3) is 0 Å². The van der Waals surface area contributed by atoms with Crippen molar-refractivity contribution in [2.24, 2.45) is 5.14 Å². The van der Waals surface area contributed by atoms with Gasteiger partial charge in [0.2, 0.25) is 10.0 Å². The molecule has 2 rings (SSSR count). The molecule has 1 atom stereocenters. The molecule has 0 aliphatic heterocycles. The van der Waals surface area contributed by atoms with E-state index in [4.69, 9.17) is 5.14 Å². The van der Waals surface area contributed by atoms with Crippen molar-refractivity contribution in [3.05, 3.63) is 65.7 Å². The standard InChI is InChI=1S/C17H22N2O3S/c18-23(21,22)16-10-8-14(9-11-16)5-4-12-19-13-17(20)15-6-2-1-3-7-15/h1-3,6-11,17,19-20H,4-5,12-13H2,(H2,18,21,22). The minimum Gasteiger partial charge on any atom is -0.387 e. The van der Waals surface area contributed by atoms with Gasteiger partial charge < -0.3 is 10.4 Å². The zero-order valence-corrected chi connectivity index (χ0v) is 13.7. The number of benzene rings is 2. The summed E-state index contributed by atoms with van der Waals surface area (Å²) in [6.45, 7) is 1.29. The van der Waals surface area contributed by atoms with Gasteiger partial charge in [-0.05, 0) is 42.6 Å². The highest BCUT2D eigenvalue weighted by Gasteiger charge is 2.07. The molecule has 1 unspecified atom stereocenters. The Kier molecular flexibility index (Phi) is 6.29. The summed E-state index contributed by atoms with van der Waals surface area (Å²) < 4.78 is 22.3. The van der Waals surface area contributed by atoms with Crippen molar-refractivity contribution < 1.29 is 13.5 Å². The first-order valence-electron chi connectivity index (χ1n) is 7.52. The maximum atomic E-state index is 11.2. The van der Waals surface area contributed by atoms with E-state index in [1.54, 1.807) is 12.1 Å². The SMILES string of the molecule is NS(=O)(=O)c1ccc(CCCNCC(O)c2ccccc2)cc1. The van der Waals surface area contributed by atoms with E-state index in [1.165, 1.54) is 12.1 Å². The van der Waals surface area contributed by atoms with E-state index in [9.17, 15) is 13.5 Å². The third-order valence-electron chi connectivity index (χ3n) is 3.59. The fraction of sp³-hybridized carbons (Fsp3) is 0.294. The van der Waals surface area contributed by atoms with E-state index < -0.39 is 16.1 Å². The quantitative estimate of drug-likeness (QED) is 0.639. The van der Waals surface area contributed by atoms with E-state index in [1.807, 2.05) is 30.3 Å². The number of rotatable bonds is 8. The Bertz CT molecular complexity index is 700. The van der Waals surface area contributed by atoms with Crippen LogP contribution in [0.15, 0.2) is 59.5 Å². The number of aliphatic hydroxyl groups is 1. The van der Waals surface area contributed by atoms with Crippen molar-refractivity contribution in [1.82, 2.24) is 5.32 Å². The van der Waals surface area contributed by atoms with Crippen molar-refractivity contribution in [3.63, 3.8) is 0 Å². The van der Waals surface area contributed by atoms with Crippen LogP contribution in [0.25, 0.3) is 0 Å². The minimum absolute atomic E-state index is 0.130. The van der Waals surface area contributed by atoms with Gasteiger partial charge in [-0.1, -0.05) is 42.5 Å². The summed E-state index contributed by atoms with van der Waals surface area (Å²) in [6, 6.07) is 16.1. The summed E-state index contributed by atoms with van der Waals surface area (Å²) in [7, 11) is -3.62. The summed E-state index contributed by atoms with van der Waals surface area (Å²) >= 11 is 0. The predicted octanol–water partition coefficient (Wildman–Crippen LogP) is 1.59. The molecule has 0 bridgehead atoms. The summed E-state index contributed by atoms with van der Waals surface area (Å²) in [4.78, 5) is 0.130. The number of nitrogens with two attached hydrogens (primary N) is 1. The summed E-state index contributed by atoms with van der Waals surface area (Å²) in [6.07, 6.45) is 1.22. The predicted molar refractivity (Wildman–Crippen MR) is 90.4 cm³/mol. The number of nitrogens with one attached hydrogen (secondary N) is 1. The molecule has 0 saturated heterocycles. The van der Waals surface area contributed by atoms with E-state index in [0.717, 1.165) is 30.5 Å². The number of hydrogen-bond acceptors (Lipinski definition) is 4. The van der Waals surface area contributed by atoms with Gasteiger partial charge in [-0.25, -0.2) is 13.6 Å². The molecule has 0 aromatic heterocycles. The Morgan fingerprint density at radius 1 is 1.04 bits per heavy atom. The van der Waals surface area contributed by atoms with Gasteiger partial charge in [-0.2, -0.15) is 0 Å². The van der Waals surface area contributed by atoms with Crippen molar-refractivity contribution >= 4 is 10.0 Å². The smallest absolute Gasteiger partial charge is 0.238 e. The topological polar surface area (TPSA) is 92.4 Å². The number of aliphatic hydroxyl groups excluding tert-OH is 1. The zero-order valence-electron chi connectivity index (χ0n) is 12.9. The molecule has 0 spiro atoms. The summed E-state index contributed by atoms with van der Waals surface area (Å²) in [5.41, 5.74) is 1.96. The molecule has 6 heteroatoms. The molecule has 5 nitrogen and oxygen atoms in total. The second-order valence-electron chi connectivity index (χ2n) is 5.42. The first-order valence-corrected chi connectivity index (χ1v) is 9.07. The highest BCUT2D eigenvalue weighted by atomic mass is 32.2. The lowest BCUT2D eigenvalue weighted by Gasteiger charge is -2.12. The van der Waals surface area contributed by atoms with Crippen LogP contribution in [0.4, 0.5) is 0 Å². The lowest BCUT2D eigenvalue weighted by Crippen LogP contribution is -2.22. The Labute approximate surface area is 137 Å². The zero-order chi connectivity index (χ0) is 16.7. The Hall–Kier alpha value is -1.73. The molecule has 23 heavy (non-hydrogen) atoms. The number of aryl methyl sites for hydroxylation is 1. The highest BCUT2D eigenvalue weighted by Crippen LogP contribution is 2.11. The molecule has 0 saturated carbocycles. The van der Waals surface area contributed by atoms with Gasteiger partial charge in [0.15, 0.2) is 0 Å². The van der Waals surface area contributed by atoms with Crippen LogP contribution in [-0.2, 0) is 16.4 Å². The normalized spacial score (nSPS) is 13.0. The highest BCUT2D eigenvalue weighted by molar-refractivity contribution is 7.89. The van der Waals surface area contributed by atoms with Gasteiger partial charge in [0.05, 0.1) is 11.0 Å². The number of hydrogen-bond donors (Lipinski definition) is 3. The average Bonchev–Trinajstić information content (AvgIpc) is 2.55. The van der Waals surface area contributed by atoms with E-state index in [2.05, 4.69) is 5.32 Å². The lowest BCUT2D eigenvalue weighted by atomic mass is 10.1. The lowest BCUT2D eigenvalue weighted by molar-refractivity contribution is 0.175. The van der Waals surface area contributed by atoms with Crippen LogP contribution in [0.1, 0.15) is 23.7 Å². The van der Waals surface area contributed by atoms with E-state index >= 15 is 0 Å². The van der Waals surface area contributed by atoms with Crippen LogP contribution in [0.3, 0.4) is 0 Å². The van der Waals surface area contributed by atoms with Gasteiger partial charge in [0.1, 0.15) is 0 Å². The largest absolute Gasteiger partial charge is 0.387 e. The van der Waals surface area contributed by atoms with Crippen molar-refractivity contribution in [2.45, 2.75) is 23.8 Å². The summed E-state index contributed by atoms with van der Waals surface area (Å²) in [5.74, 6) is 0. The van der Waals surface area contributed by atoms with E-state index in [-0.39, 0.29) is 4.90 Å². The molecule has 2 aromatic rings. The maximum absolute atomic E-state index is 11.2. The molecule has 0 aliphatic rings. The van der Waals surface area contributed by atoms with Crippen LogP contribution in [0, 0.1) is 0 Å². The first kappa shape index (κ1) is 17.6. The molecule has 0 aliphatic carbocycles. The van der Waals surface area contributed by atoms with Crippen molar-refractivity contribution in [3.8, 4) is 0 Å². The molecular formula is C17H22N2O3S. The maximum Gasteiger partial charge on any atom is 0.238 e. The third kappa shape index (κ3) is 5.76. The summed E-state index contributed by atoms with van der Waals surface area (Å²) in [5, 5.41) is 18.3. The van der Waals surface area contributed by atoms with Crippen molar-refractivity contribution in [1.29, 1.82) is 0 Å². The molecule has 0 radical (unpaired) electrons. The molecular weight excluding hydrogens is 312 g/mol.